The lowest BCUT2D eigenvalue weighted by atomic mass is 9.86. The highest BCUT2D eigenvalue weighted by Crippen LogP contribution is 2.46. The van der Waals surface area contributed by atoms with Crippen molar-refractivity contribution in [3.05, 3.63) is 59.4 Å². The van der Waals surface area contributed by atoms with Gasteiger partial charge in [-0.1, -0.05) is 13.8 Å². The fraction of sp³-hybridized carbons (Fsp3) is 0.333. The SMILES string of the molecule is CC(C)c1c(C2CO[C@](C)(C(=O)O)C2)c2c(F)c3[nH]ncc3cc2n1-c1ccc(F)cc1. The number of nitrogens with zero attached hydrogens (tertiary/aromatic N) is 2. The Balaban J connectivity index is 1.87. The normalized spacial score (nSPS) is 21.2. The number of aromatic nitrogens is 3. The van der Waals surface area contributed by atoms with E-state index in [-0.39, 0.29) is 30.7 Å². The summed E-state index contributed by atoms with van der Waals surface area (Å²) < 4.78 is 37.2. The molecule has 1 saturated heterocycles. The molecule has 0 aliphatic carbocycles. The zero-order valence-electron chi connectivity index (χ0n) is 17.9. The van der Waals surface area contributed by atoms with Gasteiger partial charge >= 0.3 is 5.97 Å². The molecule has 4 aromatic rings. The van der Waals surface area contributed by atoms with Crippen molar-refractivity contribution in [1.29, 1.82) is 0 Å². The Morgan fingerprint density at radius 3 is 2.66 bits per heavy atom. The summed E-state index contributed by atoms with van der Waals surface area (Å²) in [5.74, 6) is -2.16. The van der Waals surface area contributed by atoms with Crippen molar-refractivity contribution in [2.75, 3.05) is 6.61 Å². The third-order valence-corrected chi connectivity index (χ3v) is 6.41. The molecule has 1 unspecified atom stereocenters. The van der Waals surface area contributed by atoms with Gasteiger partial charge in [-0.3, -0.25) is 5.10 Å². The topological polar surface area (TPSA) is 80.1 Å². The van der Waals surface area contributed by atoms with Gasteiger partial charge in [-0.2, -0.15) is 5.10 Å². The molecule has 5 rings (SSSR count). The van der Waals surface area contributed by atoms with Gasteiger partial charge in [0.15, 0.2) is 11.4 Å². The summed E-state index contributed by atoms with van der Waals surface area (Å²) in [5.41, 5.74) is 1.88. The van der Waals surface area contributed by atoms with Crippen LogP contribution >= 0.6 is 0 Å². The van der Waals surface area contributed by atoms with Crippen molar-refractivity contribution in [3.8, 4) is 5.69 Å². The minimum absolute atomic E-state index is 0.0185. The fourth-order valence-electron chi connectivity index (χ4n) is 4.91. The van der Waals surface area contributed by atoms with Gasteiger partial charge in [0.2, 0.25) is 0 Å². The standard InChI is InChI=1S/C24H23F2N3O3/c1-12(2)22-18(14-9-24(3,23(30)31)32-11-14)19-17(8-13-10-27-28-21(13)20(19)26)29(22)16-6-4-15(25)5-7-16/h4-8,10,12,14H,9,11H2,1-3H3,(H,27,28)(H,30,31)/t14?,24-/m0/s1. The van der Waals surface area contributed by atoms with Crippen LogP contribution in [-0.2, 0) is 9.53 Å². The number of benzene rings is 2. The molecule has 2 N–H and O–H groups in total. The van der Waals surface area contributed by atoms with Crippen LogP contribution in [0.2, 0.25) is 0 Å². The van der Waals surface area contributed by atoms with Crippen LogP contribution in [0.3, 0.4) is 0 Å². The molecular formula is C24H23F2N3O3. The molecule has 2 aromatic heterocycles. The van der Waals surface area contributed by atoms with Gasteiger partial charge in [-0.05, 0) is 55.2 Å². The minimum Gasteiger partial charge on any atom is -0.479 e. The third-order valence-electron chi connectivity index (χ3n) is 6.41. The van der Waals surface area contributed by atoms with Gasteiger partial charge in [0.25, 0.3) is 0 Å². The number of aromatic amines is 1. The molecule has 0 spiro atoms. The van der Waals surface area contributed by atoms with E-state index < -0.39 is 17.4 Å². The van der Waals surface area contributed by atoms with Crippen molar-refractivity contribution < 1.29 is 23.4 Å². The van der Waals surface area contributed by atoms with E-state index >= 15 is 4.39 Å². The number of carboxylic acid groups (broad SMARTS) is 1. The lowest BCUT2D eigenvalue weighted by Gasteiger charge is -2.19. The number of carbonyl (C=O) groups is 1. The summed E-state index contributed by atoms with van der Waals surface area (Å²) in [6.45, 7) is 5.74. The zero-order valence-corrected chi connectivity index (χ0v) is 17.9. The fourth-order valence-corrected chi connectivity index (χ4v) is 4.91. The van der Waals surface area contributed by atoms with Crippen LogP contribution in [0.15, 0.2) is 36.5 Å². The number of aliphatic carboxylic acids is 1. The molecule has 166 valence electrons. The Kier molecular flexibility index (Phi) is 4.60. The number of halogens is 2. The predicted molar refractivity (Wildman–Crippen MR) is 116 cm³/mol. The first kappa shape index (κ1) is 20.6. The Morgan fingerprint density at radius 1 is 1.31 bits per heavy atom. The number of H-pyrrole nitrogens is 1. The van der Waals surface area contributed by atoms with E-state index in [1.54, 1.807) is 25.3 Å². The van der Waals surface area contributed by atoms with Gasteiger partial charge in [-0.15, -0.1) is 0 Å². The van der Waals surface area contributed by atoms with Crippen LogP contribution in [0.4, 0.5) is 8.78 Å². The Labute approximate surface area is 182 Å². The summed E-state index contributed by atoms with van der Waals surface area (Å²) in [5, 5.41) is 17.4. The van der Waals surface area contributed by atoms with Crippen molar-refractivity contribution in [2.45, 2.75) is 44.6 Å². The smallest absolute Gasteiger partial charge is 0.335 e. The molecule has 1 aliphatic heterocycles. The highest BCUT2D eigenvalue weighted by molar-refractivity contribution is 6.00. The number of hydrogen-bond acceptors (Lipinski definition) is 3. The molecule has 32 heavy (non-hydrogen) atoms. The first-order valence-electron chi connectivity index (χ1n) is 10.5. The number of rotatable bonds is 4. The van der Waals surface area contributed by atoms with Crippen LogP contribution in [-0.4, -0.2) is 38.0 Å². The van der Waals surface area contributed by atoms with Crippen molar-refractivity contribution in [3.63, 3.8) is 0 Å². The van der Waals surface area contributed by atoms with Gasteiger partial charge in [-0.25, -0.2) is 13.6 Å². The first-order valence-corrected chi connectivity index (χ1v) is 10.5. The maximum absolute atomic E-state index is 15.9. The van der Waals surface area contributed by atoms with Crippen LogP contribution in [0, 0.1) is 11.6 Å². The van der Waals surface area contributed by atoms with Gasteiger partial charge in [0.05, 0.1) is 18.3 Å². The molecule has 1 fully saturated rings. The minimum atomic E-state index is -1.34. The number of fused-ring (bicyclic) bond motifs is 2. The number of nitrogens with one attached hydrogen (secondary N) is 1. The highest BCUT2D eigenvalue weighted by Gasteiger charge is 2.45. The number of carboxylic acids is 1. The second kappa shape index (κ2) is 7.13. The molecule has 6 nitrogen and oxygen atoms in total. The van der Waals surface area contributed by atoms with Crippen LogP contribution < -0.4 is 0 Å². The zero-order chi connectivity index (χ0) is 22.8. The summed E-state index contributed by atoms with van der Waals surface area (Å²) in [4.78, 5) is 11.8. The number of ether oxygens (including phenoxy) is 1. The largest absolute Gasteiger partial charge is 0.479 e. The Bertz CT molecular complexity index is 1360. The van der Waals surface area contributed by atoms with Gasteiger partial charge in [0, 0.05) is 28.1 Å². The second-order valence-electron chi connectivity index (χ2n) is 8.93. The third kappa shape index (κ3) is 2.93. The van der Waals surface area contributed by atoms with E-state index in [2.05, 4.69) is 10.2 Å². The van der Waals surface area contributed by atoms with E-state index in [0.717, 1.165) is 11.3 Å². The maximum atomic E-state index is 15.9. The van der Waals surface area contributed by atoms with Crippen LogP contribution in [0.5, 0.6) is 0 Å². The molecule has 8 heteroatoms. The van der Waals surface area contributed by atoms with Crippen LogP contribution in [0.25, 0.3) is 27.5 Å². The molecule has 0 bridgehead atoms. The molecule has 2 aromatic carbocycles. The average molecular weight is 439 g/mol. The summed E-state index contributed by atoms with van der Waals surface area (Å²) in [6.07, 6.45) is 1.79. The predicted octanol–water partition coefficient (Wildman–Crippen LogP) is 5.26. The van der Waals surface area contributed by atoms with Gasteiger partial charge < -0.3 is 14.4 Å². The van der Waals surface area contributed by atoms with E-state index in [9.17, 15) is 14.3 Å². The maximum Gasteiger partial charge on any atom is 0.335 e. The lowest BCUT2D eigenvalue weighted by molar-refractivity contribution is -0.157. The molecule has 0 saturated carbocycles. The van der Waals surface area contributed by atoms with E-state index in [1.165, 1.54) is 12.1 Å². The molecule has 1 aliphatic rings. The van der Waals surface area contributed by atoms with Crippen molar-refractivity contribution in [2.24, 2.45) is 0 Å². The monoisotopic (exact) mass is 439 g/mol. The summed E-state index contributed by atoms with van der Waals surface area (Å²) >= 11 is 0. The summed E-state index contributed by atoms with van der Waals surface area (Å²) in [7, 11) is 0. The first-order chi connectivity index (χ1) is 15.2. The van der Waals surface area contributed by atoms with E-state index in [0.29, 0.717) is 27.5 Å². The second-order valence-corrected chi connectivity index (χ2v) is 8.93. The van der Waals surface area contributed by atoms with E-state index in [1.807, 2.05) is 24.5 Å². The quantitative estimate of drug-likeness (QED) is 0.455. The molecule has 3 heterocycles. The van der Waals surface area contributed by atoms with Crippen LogP contribution in [0.1, 0.15) is 50.3 Å². The molecular weight excluding hydrogens is 416 g/mol. The molecule has 0 amide bonds. The molecule has 0 radical (unpaired) electrons. The average Bonchev–Trinajstić information content (AvgIpc) is 3.45. The van der Waals surface area contributed by atoms with Crippen molar-refractivity contribution in [1.82, 2.24) is 14.8 Å². The van der Waals surface area contributed by atoms with Gasteiger partial charge in [0.1, 0.15) is 11.3 Å². The lowest BCUT2D eigenvalue weighted by Crippen LogP contribution is -2.34. The van der Waals surface area contributed by atoms with Crippen molar-refractivity contribution >= 4 is 27.8 Å². The highest BCUT2D eigenvalue weighted by atomic mass is 19.1. The van der Waals surface area contributed by atoms with E-state index in [4.69, 9.17) is 4.74 Å². The molecule has 2 atom stereocenters. The Hall–Kier alpha value is -3.26. The Morgan fingerprint density at radius 2 is 2.03 bits per heavy atom. The summed E-state index contributed by atoms with van der Waals surface area (Å²) in [6, 6.07) is 7.93. The number of hydrogen-bond donors (Lipinski definition) is 2.